The number of carboxylic acids is 1. The van der Waals surface area contributed by atoms with E-state index in [0.29, 0.717) is 0 Å². The SMILES string of the molecule is O=C(O)[C@@H]1CN(Cc2ccccc2C(F)(F)F)C[C@H]1C(F)(F)F. The quantitative estimate of drug-likeness (QED) is 0.857. The fourth-order valence-corrected chi connectivity index (χ4v) is 2.77. The van der Waals surface area contributed by atoms with Gasteiger partial charge in [0.1, 0.15) is 0 Å². The number of carboxylic acid groups (broad SMARTS) is 1. The summed E-state index contributed by atoms with van der Waals surface area (Å²) in [5, 5.41) is 8.91. The number of nitrogens with zero attached hydrogens (tertiary/aromatic N) is 1. The number of rotatable bonds is 3. The van der Waals surface area contributed by atoms with Gasteiger partial charge in [0.05, 0.1) is 17.4 Å². The van der Waals surface area contributed by atoms with Gasteiger partial charge in [0.25, 0.3) is 0 Å². The molecule has 1 N–H and O–H groups in total. The van der Waals surface area contributed by atoms with Crippen molar-refractivity contribution in [2.45, 2.75) is 18.9 Å². The van der Waals surface area contributed by atoms with Crippen LogP contribution in [0.5, 0.6) is 0 Å². The first-order valence-electron chi connectivity index (χ1n) is 6.67. The Balaban J connectivity index is 2.21. The van der Waals surface area contributed by atoms with Gasteiger partial charge in [-0.3, -0.25) is 9.69 Å². The van der Waals surface area contributed by atoms with Crippen molar-refractivity contribution in [2.24, 2.45) is 11.8 Å². The van der Waals surface area contributed by atoms with Crippen LogP contribution in [0.2, 0.25) is 0 Å². The molecule has 0 unspecified atom stereocenters. The molecule has 0 saturated carbocycles. The Morgan fingerprint density at radius 3 is 2.22 bits per heavy atom. The number of carbonyl (C=O) groups is 1. The average Bonchev–Trinajstić information content (AvgIpc) is 2.82. The maximum Gasteiger partial charge on any atom is 0.416 e. The van der Waals surface area contributed by atoms with Crippen molar-refractivity contribution in [3.8, 4) is 0 Å². The van der Waals surface area contributed by atoms with Gasteiger partial charge in [-0.25, -0.2) is 0 Å². The van der Waals surface area contributed by atoms with Crippen LogP contribution in [0.25, 0.3) is 0 Å². The third kappa shape index (κ3) is 3.95. The molecule has 1 saturated heterocycles. The van der Waals surface area contributed by atoms with Gasteiger partial charge in [-0.05, 0) is 11.6 Å². The number of hydrogen-bond donors (Lipinski definition) is 1. The van der Waals surface area contributed by atoms with Gasteiger partial charge in [0.2, 0.25) is 0 Å². The van der Waals surface area contributed by atoms with Crippen LogP contribution in [0.1, 0.15) is 11.1 Å². The Bertz CT molecular complexity index is 583. The summed E-state index contributed by atoms with van der Waals surface area (Å²) in [6.45, 7) is -1.45. The number of alkyl halides is 6. The normalized spacial score (nSPS) is 23.2. The van der Waals surface area contributed by atoms with Gasteiger partial charge in [0, 0.05) is 19.6 Å². The van der Waals surface area contributed by atoms with E-state index in [1.165, 1.54) is 18.2 Å². The molecule has 0 aliphatic carbocycles. The van der Waals surface area contributed by atoms with Crippen LogP contribution in [0, 0.1) is 11.8 Å². The van der Waals surface area contributed by atoms with E-state index in [0.717, 1.165) is 11.0 Å². The summed E-state index contributed by atoms with van der Waals surface area (Å²) in [4.78, 5) is 12.1. The summed E-state index contributed by atoms with van der Waals surface area (Å²) in [6, 6.07) is 4.58. The first-order chi connectivity index (χ1) is 10.5. The Labute approximate surface area is 127 Å². The van der Waals surface area contributed by atoms with Crippen molar-refractivity contribution in [1.29, 1.82) is 0 Å². The monoisotopic (exact) mass is 341 g/mol. The third-order valence-electron chi connectivity index (χ3n) is 3.85. The zero-order chi connectivity index (χ0) is 17.4. The van der Waals surface area contributed by atoms with E-state index in [-0.39, 0.29) is 12.1 Å². The molecule has 2 rings (SSSR count). The standard InChI is InChI=1S/C14H13F6NO2/c15-13(16,17)10-4-2-1-3-8(10)5-21-6-9(12(22)23)11(7-21)14(18,19)20/h1-4,9,11H,5-7H2,(H,22,23)/t9-,11-/m1/s1. The summed E-state index contributed by atoms with van der Waals surface area (Å²) < 4.78 is 77.3. The largest absolute Gasteiger partial charge is 0.481 e. The molecule has 0 radical (unpaired) electrons. The Hall–Kier alpha value is -1.77. The average molecular weight is 341 g/mol. The minimum Gasteiger partial charge on any atom is -0.481 e. The zero-order valence-corrected chi connectivity index (χ0v) is 11.7. The van der Waals surface area contributed by atoms with Crippen LogP contribution < -0.4 is 0 Å². The lowest BCUT2D eigenvalue weighted by Crippen LogP contribution is -2.33. The lowest BCUT2D eigenvalue weighted by atomic mass is 9.96. The molecule has 1 aromatic carbocycles. The van der Waals surface area contributed by atoms with Crippen molar-refractivity contribution >= 4 is 5.97 Å². The third-order valence-corrected chi connectivity index (χ3v) is 3.85. The summed E-state index contributed by atoms with van der Waals surface area (Å²) in [7, 11) is 0. The highest BCUT2D eigenvalue weighted by molar-refractivity contribution is 5.71. The minimum atomic E-state index is -4.71. The van der Waals surface area contributed by atoms with E-state index < -0.39 is 48.8 Å². The topological polar surface area (TPSA) is 40.5 Å². The van der Waals surface area contributed by atoms with Gasteiger partial charge in [-0.2, -0.15) is 26.3 Å². The van der Waals surface area contributed by atoms with Crippen LogP contribution >= 0.6 is 0 Å². The van der Waals surface area contributed by atoms with Crippen LogP contribution in [-0.4, -0.2) is 35.2 Å². The molecule has 3 nitrogen and oxygen atoms in total. The van der Waals surface area contributed by atoms with Crippen LogP contribution in [-0.2, 0) is 17.5 Å². The summed E-state index contributed by atoms with van der Waals surface area (Å²) in [5.74, 6) is -5.36. The number of halogens is 6. The summed E-state index contributed by atoms with van der Waals surface area (Å²) in [6.07, 6.45) is -9.33. The van der Waals surface area contributed by atoms with Gasteiger partial charge >= 0.3 is 18.3 Å². The molecule has 128 valence electrons. The number of hydrogen-bond acceptors (Lipinski definition) is 2. The molecule has 1 fully saturated rings. The van der Waals surface area contributed by atoms with Gasteiger partial charge in [-0.15, -0.1) is 0 Å². The van der Waals surface area contributed by atoms with E-state index in [4.69, 9.17) is 5.11 Å². The smallest absolute Gasteiger partial charge is 0.416 e. The fraction of sp³-hybridized carbons (Fsp3) is 0.500. The van der Waals surface area contributed by atoms with E-state index in [2.05, 4.69) is 0 Å². The van der Waals surface area contributed by atoms with Crippen LogP contribution in [0.15, 0.2) is 24.3 Å². The molecule has 0 aromatic heterocycles. The molecule has 1 aromatic rings. The van der Waals surface area contributed by atoms with Crippen molar-refractivity contribution in [1.82, 2.24) is 4.90 Å². The molecule has 1 heterocycles. The maximum atomic E-state index is 12.9. The van der Waals surface area contributed by atoms with Gasteiger partial charge in [-0.1, -0.05) is 18.2 Å². The predicted molar refractivity (Wildman–Crippen MR) is 67.4 cm³/mol. The highest BCUT2D eigenvalue weighted by Gasteiger charge is 2.52. The number of benzene rings is 1. The second-order valence-electron chi connectivity index (χ2n) is 5.44. The molecule has 23 heavy (non-hydrogen) atoms. The molecule has 9 heteroatoms. The molecule has 1 aliphatic rings. The van der Waals surface area contributed by atoms with Crippen LogP contribution in [0.4, 0.5) is 26.3 Å². The number of likely N-dealkylation sites (tertiary alicyclic amines) is 1. The van der Waals surface area contributed by atoms with Crippen molar-refractivity contribution in [3.63, 3.8) is 0 Å². The van der Waals surface area contributed by atoms with E-state index in [1.54, 1.807) is 0 Å². The van der Waals surface area contributed by atoms with Crippen molar-refractivity contribution in [2.75, 3.05) is 13.1 Å². The highest BCUT2D eigenvalue weighted by atomic mass is 19.4. The van der Waals surface area contributed by atoms with E-state index in [9.17, 15) is 31.1 Å². The molecule has 0 amide bonds. The van der Waals surface area contributed by atoms with Gasteiger partial charge in [0.15, 0.2) is 0 Å². The zero-order valence-electron chi connectivity index (χ0n) is 11.7. The lowest BCUT2D eigenvalue weighted by molar-refractivity contribution is -0.188. The molecule has 1 aliphatic heterocycles. The van der Waals surface area contributed by atoms with E-state index in [1.807, 2.05) is 0 Å². The lowest BCUT2D eigenvalue weighted by Gasteiger charge is -2.20. The summed E-state index contributed by atoms with van der Waals surface area (Å²) in [5.41, 5.74) is -1.10. The Morgan fingerprint density at radius 2 is 1.74 bits per heavy atom. The molecule has 2 atom stereocenters. The molecular weight excluding hydrogens is 328 g/mol. The van der Waals surface area contributed by atoms with E-state index >= 15 is 0 Å². The van der Waals surface area contributed by atoms with Crippen molar-refractivity contribution in [3.05, 3.63) is 35.4 Å². The van der Waals surface area contributed by atoms with Gasteiger partial charge < -0.3 is 5.11 Å². The Morgan fingerprint density at radius 1 is 1.13 bits per heavy atom. The molecule has 0 spiro atoms. The molecular formula is C14H13F6NO2. The van der Waals surface area contributed by atoms with Crippen molar-refractivity contribution < 1.29 is 36.2 Å². The highest BCUT2D eigenvalue weighted by Crippen LogP contribution is 2.39. The second kappa shape index (κ2) is 6.03. The summed E-state index contributed by atoms with van der Waals surface area (Å²) >= 11 is 0. The Kier molecular flexibility index (Phi) is 4.61. The fourth-order valence-electron chi connectivity index (χ4n) is 2.77. The first kappa shape index (κ1) is 17.6. The minimum absolute atomic E-state index is 0.174. The number of aliphatic carboxylic acids is 1. The maximum absolute atomic E-state index is 12.9. The molecule has 0 bridgehead atoms. The second-order valence-corrected chi connectivity index (χ2v) is 5.44. The first-order valence-corrected chi connectivity index (χ1v) is 6.67. The van der Waals surface area contributed by atoms with Crippen LogP contribution in [0.3, 0.4) is 0 Å². The predicted octanol–water partition coefficient (Wildman–Crippen LogP) is 3.40.